The molecule has 0 aliphatic carbocycles. The Bertz CT molecular complexity index is 1250. The van der Waals surface area contributed by atoms with Gasteiger partial charge in [-0.05, 0) is 44.7 Å². The van der Waals surface area contributed by atoms with Crippen molar-refractivity contribution < 1.29 is 33.8 Å². The number of ether oxygens (including phenoxy) is 2. The van der Waals surface area contributed by atoms with Gasteiger partial charge in [-0.15, -0.1) is 0 Å². The number of fused-ring (bicyclic) bond motifs is 2. The van der Waals surface area contributed by atoms with E-state index in [0.717, 1.165) is 0 Å². The van der Waals surface area contributed by atoms with E-state index in [1.807, 2.05) is 0 Å². The molecule has 2 saturated heterocycles. The molecule has 11 heteroatoms. The number of anilines is 1. The Hall–Kier alpha value is -3.21. The second-order valence-electron chi connectivity index (χ2n) is 11.0. The number of hydrogen-bond donors (Lipinski definition) is 2. The summed E-state index contributed by atoms with van der Waals surface area (Å²) in [6, 6.07) is 6.00. The molecule has 3 amide bonds. The molecule has 220 valence electrons. The lowest BCUT2D eigenvalue weighted by Gasteiger charge is -2.35. The first-order valence-electron chi connectivity index (χ1n) is 14.2. The van der Waals surface area contributed by atoms with Crippen LogP contribution in [0.4, 0.5) is 5.69 Å². The number of aliphatic hydroxyl groups excluding tert-OH is 1. The molecule has 10 nitrogen and oxygen atoms in total. The maximum Gasteiger partial charge on any atom is 0.313 e. The minimum Gasteiger partial charge on any atom is -0.460 e. The largest absolute Gasteiger partial charge is 0.460 e. The highest BCUT2D eigenvalue weighted by molar-refractivity contribution is 6.34. The molecular weight excluding hydrogens is 550 g/mol. The van der Waals surface area contributed by atoms with Crippen LogP contribution in [0.3, 0.4) is 0 Å². The highest BCUT2D eigenvalue weighted by atomic mass is 35.5. The Balaban J connectivity index is 1.57. The van der Waals surface area contributed by atoms with Crippen molar-refractivity contribution in [3.05, 3.63) is 53.6 Å². The number of rotatable bonds is 6. The fourth-order valence-corrected chi connectivity index (χ4v) is 6.60. The minimum atomic E-state index is -1.41. The molecule has 5 rings (SSSR count). The van der Waals surface area contributed by atoms with Crippen LogP contribution < -0.4 is 10.2 Å². The van der Waals surface area contributed by atoms with E-state index in [1.54, 1.807) is 60.4 Å². The lowest BCUT2D eigenvalue weighted by Crippen LogP contribution is -2.55. The first-order valence-corrected chi connectivity index (χ1v) is 14.6. The normalized spacial score (nSPS) is 32.7. The van der Waals surface area contributed by atoms with E-state index in [4.69, 9.17) is 21.1 Å². The topological polar surface area (TPSA) is 125 Å². The lowest BCUT2D eigenvalue weighted by atomic mass is 9.78. The number of hydrogen-bond acceptors (Lipinski definition) is 7. The first-order chi connectivity index (χ1) is 19.8. The van der Waals surface area contributed by atoms with Gasteiger partial charge in [-0.2, -0.15) is 0 Å². The molecule has 6 atom stereocenters. The smallest absolute Gasteiger partial charge is 0.313 e. The van der Waals surface area contributed by atoms with Crippen molar-refractivity contribution in [3.63, 3.8) is 0 Å². The Labute approximate surface area is 244 Å². The van der Waals surface area contributed by atoms with Crippen LogP contribution in [0.15, 0.2) is 48.6 Å². The number of carbonyl (C=O) groups is 4. The van der Waals surface area contributed by atoms with Gasteiger partial charge in [-0.25, -0.2) is 0 Å². The van der Waals surface area contributed by atoms with Crippen LogP contribution in [0.1, 0.15) is 39.0 Å². The number of unbranched alkanes of at least 4 members (excludes halogenated alkanes) is 2. The van der Waals surface area contributed by atoms with Crippen LogP contribution >= 0.6 is 11.6 Å². The zero-order valence-corrected chi connectivity index (χ0v) is 23.8. The van der Waals surface area contributed by atoms with Crippen molar-refractivity contribution in [3.8, 4) is 0 Å². The molecule has 41 heavy (non-hydrogen) atoms. The van der Waals surface area contributed by atoms with Gasteiger partial charge in [0.05, 0.1) is 29.3 Å². The highest BCUT2D eigenvalue weighted by Gasteiger charge is 2.71. The van der Waals surface area contributed by atoms with E-state index in [-0.39, 0.29) is 50.4 Å². The summed E-state index contributed by atoms with van der Waals surface area (Å²) in [5.41, 5.74) is -0.885. The average molecular weight is 586 g/mol. The lowest BCUT2D eigenvalue weighted by molar-refractivity contribution is -0.158. The molecule has 2 N–H and O–H groups in total. The first kappa shape index (κ1) is 29.3. The highest BCUT2D eigenvalue weighted by Crippen LogP contribution is 2.53. The number of carbonyl (C=O) groups excluding carboxylic acids is 4. The fourth-order valence-electron chi connectivity index (χ4n) is 6.36. The predicted octanol–water partition coefficient (Wildman–Crippen LogP) is 2.38. The number of allylic oxidation sites excluding steroid dienone is 1. The van der Waals surface area contributed by atoms with Gasteiger partial charge in [0.1, 0.15) is 23.7 Å². The van der Waals surface area contributed by atoms with Crippen molar-refractivity contribution in [2.24, 2.45) is 11.8 Å². The van der Waals surface area contributed by atoms with Gasteiger partial charge in [0.2, 0.25) is 11.8 Å². The van der Waals surface area contributed by atoms with Gasteiger partial charge in [-0.3, -0.25) is 19.2 Å². The number of nitrogens with one attached hydrogen (secondary N) is 1. The zero-order valence-electron chi connectivity index (χ0n) is 23.0. The summed E-state index contributed by atoms with van der Waals surface area (Å²) in [4.78, 5) is 57.5. The van der Waals surface area contributed by atoms with Crippen LogP contribution in [0.2, 0.25) is 5.02 Å². The number of amides is 3. The zero-order chi connectivity index (χ0) is 29.1. The van der Waals surface area contributed by atoms with Gasteiger partial charge >= 0.3 is 5.97 Å². The summed E-state index contributed by atoms with van der Waals surface area (Å²) in [5, 5.41) is 12.4. The van der Waals surface area contributed by atoms with Crippen LogP contribution in [-0.4, -0.2) is 83.8 Å². The molecule has 2 fully saturated rings. The van der Waals surface area contributed by atoms with Crippen LogP contribution in [0.25, 0.3) is 0 Å². The number of halogens is 1. The van der Waals surface area contributed by atoms with Crippen molar-refractivity contribution in [1.29, 1.82) is 0 Å². The van der Waals surface area contributed by atoms with Gasteiger partial charge in [0.15, 0.2) is 0 Å². The molecule has 1 aromatic rings. The van der Waals surface area contributed by atoms with Gasteiger partial charge in [0.25, 0.3) is 5.91 Å². The van der Waals surface area contributed by atoms with E-state index in [9.17, 15) is 24.3 Å². The summed E-state index contributed by atoms with van der Waals surface area (Å²) >= 11 is 6.50. The van der Waals surface area contributed by atoms with Crippen LogP contribution in [-0.2, 0) is 28.7 Å². The summed E-state index contributed by atoms with van der Waals surface area (Å²) in [5.74, 6) is -3.41. The summed E-state index contributed by atoms with van der Waals surface area (Å²) < 4.78 is 12.4. The molecule has 0 saturated carbocycles. The fraction of sp³-hybridized carbons (Fsp3) is 0.533. The summed E-state index contributed by atoms with van der Waals surface area (Å²) in [7, 11) is 0. The standard InChI is InChI=1S/C30H36ClN3O7/c1-19-18-32-23(36)13-6-5-12-22-24(29(39)40-19)25-27(37)34(15-7-2-8-17-35)26-28(38)33(16-9-14-30(25,26)41-22)21-11-4-3-10-20(21)31/h3-5,9-12,14,19,22,24-26,35H,2,6-8,13,15-18H2,1H3,(H,32,36)/b12-5-/t19-,22-,24+,25+,26-,30+/m0/s1. The molecule has 0 unspecified atom stereocenters. The minimum absolute atomic E-state index is 0.0373. The van der Waals surface area contributed by atoms with Crippen LogP contribution in [0, 0.1) is 11.8 Å². The van der Waals surface area contributed by atoms with Crippen molar-refractivity contribution in [1.82, 2.24) is 10.2 Å². The van der Waals surface area contributed by atoms with E-state index < -0.39 is 41.7 Å². The van der Waals surface area contributed by atoms with Crippen LogP contribution in [0.5, 0.6) is 0 Å². The second-order valence-corrected chi connectivity index (χ2v) is 11.4. The third-order valence-corrected chi connectivity index (χ3v) is 8.55. The summed E-state index contributed by atoms with van der Waals surface area (Å²) in [6.07, 6.45) is 8.13. The predicted molar refractivity (Wildman–Crippen MR) is 151 cm³/mol. The van der Waals surface area contributed by atoms with Crippen molar-refractivity contribution in [2.45, 2.75) is 62.9 Å². The number of esters is 1. The number of benzene rings is 1. The molecule has 4 aliphatic rings. The van der Waals surface area contributed by atoms with Gasteiger partial charge < -0.3 is 29.7 Å². The third-order valence-electron chi connectivity index (χ3n) is 8.23. The Morgan fingerprint density at radius 3 is 2.68 bits per heavy atom. The SMILES string of the molecule is C[C@H]1CNC(=O)CC/C=C\[C@@H]2O[C@@]34C=CCN(c5ccccc5Cl)C(=O)[C@@H]3N(CCCCCO)C(=O)[C@H]4[C@@H]2C(=O)O1. The molecule has 0 aromatic heterocycles. The Morgan fingerprint density at radius 1 is 1.10 bits per heavy atom. The van der Waals surface area contributed by atoms with E-state index in [2.05, 4.69) is 5.32 Å². The molecule has 0 radical (unpaired) electrons. The quantitative estimate of drug-likeness (QED) is 0.298. The molecule has 4 heterocycles. The Morgan fingerprint density at radius 2 is 1.90 bits per heavy atom. The van der Waals surface area contributed by atoms with Gasteiger partial charge in [0, 0.05) is 26.1 Å². The van der Waals surface area contributed by atoms with Crippen molar-refractivity contribution >= 4 is 41.0 Å². The molecular formula is C30H36ClN3O7. The molecule has 0 bridgehead atoms. The van der Waals surface area contributed by atoms with Gasteiger partial charge in [-0.1, -0.05) is 48.0 Å². The molecule has 1 aromatic carbocycles. The van der Waals surface area contributed by atoms with E-state index in [1.165, 1.54) is 4.90 Å². The second kappa shape index (κ2) is 12.3. The molecule has 1 spiro atoms. The number of nitrogens with zero attached hydrogens (tertiary/aromatic N) is 2. The van der Waals surface area contributed by atoms with Crippen molar-refractivity contribution in [2.75, 3.05) is 31.1 Å². The maximum atomic E-state index is 14.4. The number of cyclic esters (lactones) is 1. The monoisotopic (exact) mass is 585 g/mol. The Kier molecular flexibility index (Phi) is 8.82. The number of likely N-dealkylation sites (tertiary alicyclic amines) is 1. The molecule has 4 aliphatic heterocycles. The third kappa shape index (κ3) is 5.52. The maximum absolute atomic E-state index is 14.4. The van der Waals surface area contributed by atoms with E-state index in [0.29, 0.717) is 36.4 Å². The number of aliphatic hydroxyl groups is 1. The summed E-state index contributed by atoms with van der Waals surface area (Å²) in [6.45, 7) is 2.36. The average Bonchev–Trinajstić information content (AvgIpc) is 3.33. The van der Waals surface area contributed by atoms with E-state index >= 15 is 0 Å². The number of para-hydroxylation sites is 1.